The first-order chi connectivity index (χ1) is 11.3. The number of rotatable bonds is 9. The number of primary amides is 1. The van der Waals surface area contributed by atoms with Gasteiger partial charge in [-0.2, -0.15) is 0 Å². The van der Waals surface area contributed by atoms with Crippen molar-refractivity contribution < 1.29 is 29.0 Å². The first kappa shape index (κ1) is 19.5. The lowest BCUT2D eigenvalue weighted by atomic mass is 9.92. The highest BCUT2D eigenvalue weighted by molar-refractivity contribution is 5.75. The van der Waals surface area contributed by atoms with E-state index in [-0.39, 0.29) is 24.7 Å². The van der Waals surface area contributed by atoms with Gasteiger partial charge in [0.05, 0.1) is 13.0 Å². The summed E-state index contributed by atoms with van der Waals surface area (Å²) < 4.78 is 10.2. The van der Waals surface area contributed by atoms with Gasteiger partial charge in [-0.25, -0.2) is 0 Å². The number of ether oxygens (including phenoxy) is 2. The van der Waals surface area contributed by atoms with Crippen molar-refractivity contribution in [2.45, 2.75) is 39.2 Å². The summed E-state index contributed by atoms with van der Waals surface area (Å²) in [5.74, 6) is -1.83. The normalized spacial score (nSPS) is 12.9. The Kier molecular flexibility index (Phi) is 7.74. The van der Waals surface area contributed by atoms with Crippen LogP contribution in [0.4, 0.5) is 0 Å². The Morgan fingerprint density at radius 3 is 2.46 bits per heavy atom. The summed E-state index contributed by atoms with van der Waals surface area (Å²) in [6.45, 7) is 2.53. The highest BCUT2D eigenvalue weighted by Crippen LogP contribution is 2.21. The fourth-order valence-electron chi connectivity index (χ4n) is 2.38. The van der Waals surface area contributed by atoms with Crippen molar-refractivity contribution in [3.63, 3.8) is 0 Å². The second kappa shape index (κ2) is 9.54. The second-order valence-electron chi connectivity index (χ2n) is 5.59. The van der Waals surface area contributed by atoms with Crippen molar-refractivity contribution in [3.8, 4) is 5.75 Å². The number of amides is 1. The highest BCUT2D eigenvalue weighted by Gasteiger charge is 2.27. The third-order valence-electron chi connectivity index (χ3n) is 3.46. The van der Waals surface area contributed by atoms with Crippen LogP contribution >= 0.6 is 0 Å². The van der Waals surface area contributed by atoms with Gasteiger partial charge < -0.3 is 20.3 Å². The van der Waals surface area contributed by atoms with Crippen LogP contribution in [0.3, 0.4) is 0 Å². The fraction of sp³-hybridized carbons (Fsp3) is 0.471. The van der Waals surface area contributed by atoms with Crippen molar-refractivity contribution in [1.82, 2.24) is 0 Å². The number of benzene rings is 1. The molecule has 1 rings (SSSR count). The van der Waals surface area contributed by atoms with Crippen molar-refractivity contribution >= 4 is 17.8 Å². The van der Waals surface area contributed by atoms with E-state index in [0.29, 0.717) is 12.8 Å². The molecule has 0 fully saturated rings. The Hall–Kier alpha value is -2.57. The van der Waals surface area contributed by atoms with E-state index in [2.05, 4.69) is 0 Å². The minimum Gasteiger partial charge on any atom is -0.508 e. The van der Waals surface area contributed by atoms with Crippen LogP contribution in [0, 0.1) is 5.92 Å². The average Bonchev–Trinajstić information content (AvgIpc) is 2.45. The molecule has 7 nitrogen and oxygen atoms in total. The maximum atomic E-state index is 11.3. The van der Waals surface area contributed by atoms with Crippen LogP contribution < -0.4 is 5.73 Å². The molecular weight excluding hydrogens is 314 g/mol. The molecule has 0 aliphatic rings. The minimum atomic E-state index is -0.767. The number of nitrogens with two attached hydrogens (primary N) is 1. The summed E-state index contributed by atoms with van der Waals surface area (Å²) in [5.41, 5.74) is 6.10. The Bertz CT molecular complexity index is 570. The Morgan fingerprint density at radius 2 is 1.92 bits per heavy atom. The topological polar surface area (TPSA) is 116 Å². The van der Waals surface area contributed by atoms with Gasteiger partial charge in [-0.15, -0.1) is 0 Å². The monoisotopic (exact) mass is 337 g/mol. The molecule has 0 saturated carbocycles. The SMILES string of the molecule is CC(=O)OCC(CCc1cccc(O)c1)C(CC(N)=O)OC(C)=O. The van der Waals surface area contributed by atoms with Crippen molar-refractivity contribution in [2.75, 3.05) is 6.61 Å². The van der Waals surface area contributed by atoms with E-state index < -0.39 is 23.9 Å². The van der Waals surface area contributed by atoms with Gasteiger partial charge in [0.15, 0.2) is 0 Å². The molecule has 0 aliphatic heterocycles. The van der Waals surface area contributed by atoms with Crippen LogP contribution in [-0.2, 0) is 30.3 Å². The number of aryl methyl sites for hydroxylation is 1. The van der Waals surface area contributed by atoms with E-state index in [0.717, 1.165) is 5.56 Å². The van der Waals surface area contributed by atoms with E-state index in [1.807, 2.05) is 6.07 Å². The lowest BCUT2D eigenvalue weighted by Gasteiger charge is -2.25. The van der Waals surface area contributed by atoms with Gasteiger partial charge in [-0.1, -0.05) is 12.1 Å². The molecule has 1 aromatic rings. The fourth-order valence-corrected chi connectivity index (χ4v) is 2.38. The molecule has 1 amide bonds. The van der Waals surface area contributed by atoms with Crippen molar-refractivity contribution in [3.05, 3.63) is 29.8 Å². The molecule has 0 bridgehead atoms. The van der Waals surface area contributed by atoms with Crippen LogP contribution in [0.15, 0.2) is 24.3 Å². The number of esters is 2. The molecule has 2 atom stereocenters. The van der Waals surface area contributed by atoms with Gasteiger partial charge >= 0.3 is 11.9 Å². The zero-order valence-electron chi connectivity index (χ0n) is 13.9. The molecule has 0 heterocycles. The molecular formula is C17H23NO6. The predicted octanol–water partition coefficient (Wildman–Crippen LogP) is 1.31. The smallest absolute Gasteiger partial charge is 0.302 e. The van der Waals surface area contributed by atoms with Gasteiger partial charge in [0.1, 0.15) is 11.9 Å². The van der Waals surface area contributed by atoms with E-state index in [4.69, 9.17) is 15.2 Å². The zero-order valence-corrected chi connectivity index (χ0v) is 13.9. The number of carbonyl (C=O) groups is 3. The number of hydrogen-bond donors (Lipinski definition) is 2. The summed E-state index contributed by atoms with van der Waals surface area (Å²) in [7, 11) is 0. The van der Waals surface area contributed by atoms with E-state index in [1.165, 1.54) is 13.8 Å². The van der Waals surface area contributed by atoms with Gasteiger partial charge in [-0.05, 0) is 30.5 Å². The summed E-state index contributed by atoms with van der Waals surface area (Å²) >= 11 is 0. The lowest BCUT2D eigenvalue weighted by Crippen LogP contribution is -2.34. The van der Waals surface area contributed by atoms with Crippen molar-refractivity contribution in [2.24, 2.45) is 11.7 Å². The summed E-state index contributed by atoms with van der Waals surface area (Å²) in [5, 5.41) is 9.50. The molecule has 132 valence electrons. The number of hydrogen-bond acceptors (Lipinski definition) is 6. The van der Waals surface area contributed by atoms with Crippen LogP contribution in [0.2, 0.25) is 0 Å². The Morgan fingerprint density at radius 1 is 1.21 bits per heavy atom. The van der Waals surface area contributed by atoms with Crippen LogP contribution in [-0.4, -0.2) is 35.7 Å². The predicted molar refractivity (Wildman–Crippen MR) is 85.9 cm³/mol. The lowest BCUT2D eigenvalue weighted by molar-refractivity contribution is -0.154. The molecule has 24 heavy (non-hydrogen) atoms. The quantitative estimate of drug-likeness (QED) is 0.656. The third kappa shape index (κ3) is 7.62. The molecule has 0 saturated heterocycles. The van der Waals surface area contributed by atoms with E-state index in [1.54, 1.807) is 18.2 Å². The maximum absolute atomic E-state index is 11.3. The molecule has 1 aromatic carbocycles. The summed E-state index contributed by atoms with van der Waals surface area (Å²) in [6.07, 6.45) is 0.126. The molecule has 3 N–H and O–H groups in total. The van der Waals surface area contributed by atoms with Gasteiger partial charge in [0.25, 0.3) is 0 Å². The number of aromatic hydroxyl groups is 1. The molecule has 0 aromatic heterocycles. The average molecular weight is 337 g/mol. The molecule has 0 aliphatic carbocycles. The molecule has 0 spiro atoms. The largest absolute Gasteiger partial charge is 0.508 e. The van der Waals surface area contributed by atoms with E-state index in [9.17, 15) is 19.5 Å². The van der Waals surface area contributed by atoms with Gasteiger partial charge in [0, 0.05) is 19.8 Å². The number of phenolic OH excluding ortho intramolecular Hbond substituents is 1. The van der Waals surface area contributed by atoms with Crippen molar-refractivity contribution in [1.29, 1.82) is 0 Å². The number of carbonyl (C=O) groups excluding carboxylic acids is 3. The molecule has 0 radical (unpaired) electrons. The third-order valence-corrected chi connectivity index (χ3v) is 3.46. The first-order valence-corrected chi connectivity index (χ1v) is 7.64. The highest BCUT2D eigenvalue weighted by atomic mass is 16.6. The Labute approximate surface area is 140 Å². The maximum Gasteiger partial charge on any atom is 0.302 e. The summed E-state index contributed by atoms with van der Waals surface area (Å²) in [4.78, 5) is 33.6. The van der Waals surface area contributed by atoms with Crippen LogP contribution in [0.1, 0.15) is 32.3 Å². The van der Waals surface area contributed by atoms with Crippen LogP contribution in [0.5, 0.6) is 5.75 Å². The van der Waals surface area contributed by atoms with Gasteiger partial charge in [0.2, 0.25) is 5.91 Å². The van der Waals surface area contributed by atoms with E-state index >= 15 is 0 Å². The minimum absolute atomic E-state index is 0.0133. The standard InChI is InChI=1S/C17H23NO6/c1-11(19)23-10-14(16(9-17(18)22)24-12(2)20)7-6-13-4-3-5-15(21)8-13/h3-5,8,14,16,21H,6-7,9-10H2,1-2H3,(H2,18,22). The Balaban J connectivity index is 2.83. The zero-order chi connectivity index (χ0) is 18.1. The van der Waals surface area contributed by atoms with Gasteiger partial charge in [-0.3, -0.25) is 14.4 Å². The molecule has 2 unspecified atom stereocenters. The summed E-state index contributed by atoms with van der Waals surface area (Å²) in [6, 6.07) is 6.75. The second-order valence-corrected chi connectivity index (χ2v) is 5.59. The van der Waals surface area contributed by atoms with Crippen LogP contribution in [0.25, 0.3) is 0 Å². The number of phenols is 1. The molecule has 7 heteroatoms. The first-order valence-electron chi connectivity index (χ1n) is 7.64.